The largest absolute Gasteiger partial charge is 0.359 e. The second kappa shape index (κ2) is 3.17. The molecule has 0 aliphatic carbocycles. The Balaban J connectivity index is 3.10. The number of nitrogens with zero attached hydrogens (tertiary/aromatic N) is 1. The van der Waals surface area contributed by atoms with Crippen LogP contribution in [-0.2, 0) is 0 Å². The van der Waals surface area contributed by atoms with Gasteiger partial charge in [0.1, 0.15) is 0 Å². The van der Waals surface area contributed by atoms with Gasteiger partial charge in [-0.15, -0.1) is 0 Å². The zero-order valence-electron chi connectivity index (χ0n) is 6.30. The molecule has 0 amide bonds. The van der Waals surface area contributed by atoms with Crippen molar-refractivity contribution in [1.29, 1.82) is 0 Å². The maximum atomic E-state index is 10.3. The average molecular weight is 218 g/mol. The lowest BCUT2D eigenvalue weighted by atomic mass is 10.1. The van der Waals surface area contributed by atoms with E-state index in [1.807, 2.05) is 13.8 Å². The summed E-state index contributed by atoms with van der Waals surface area (Å²) in [4.78, 5) is 10.3. The summed E-state index contributed by atoms with van der Waals surface area (Å²) in [6, 6.07) is 0. The smallest absolute Gasteiger partial charge is 0.173 e. The highest BCUT2D eigenvalue weighted by Gasteiger charge is 2.14. The number of carbonyl (C=O) groups excluding carboxylic acids is 1. The third-order valence-corrected chi connectivity index (χ3v) is 2.12. The van der Waals surface area contributed by atoms with Gasteiger partial charge in [-0.05, 0) is 15.9 Å². The Morgan fingerprint density at radius 1 is 1.64 bits per heavy atom. The predicted octanol–water partition coefficient (Wildman–Crippen LogP) is 2.37. The molecule has 0 atom stereocenters. The molecule has 0 aliphatic heterocycles. The molecule has 1 rings (SSSR count). The molecule has 1 aromatic rings. The lowest BCUT2D eigenvalue weighted by molar-refractivity contribution is 0.111. The molecule has 1 aromatic heterocycles. The Morgan fingerprint density at radius 2 is 2.27 bits per heavy atom. The van der Waals surface area contributed by atoms with Crippen LogP contribution in [0.2, 0.25) is 0 Å². The van der Waals surface area contributed by atoms with E-state index in [0.29, 0.717) is 22.2 Å². The van der Waals surface area contributed by atoms with Crippen LogP contribution >= 0.6 is 15.9 Å². The first-order valence-corrected chi connectivity index (χ1v) is 4.06. The molecule has 0 unspecified atom stereocenters. The molecular formula is C7H8BrNO2. The van der Waals surface area contributed by atoms with Crippen LogP contribution in [0.4, 0.5) is 0 Å². The van der Waals surface area contributed by atoms with Crippen LogP contribution in [0.25, 0.3) is 0 Å². The molecule has 3 nitrogen and oxygen atoms in total. The Labute approximate surface area is 72.9 Å². The average Bonchev–Trinajstić information content (AvgIpc) is 2.30. The van der Waals surface area contributed by atoms with Gasteiger partial charge in [-0.2, -0.15) is 0 Å². The van der Waals surface area contributed by atoms with Crippen LogP contribution in [-0.4, -0.2) is 11.4 Å². The second-order valence-corrected chi connectivity index (χ2v) is 3.31. The molecule has 4 heteroatoms. The Bertz CT molecular complexity index is 267. The van der Waals surface area contributed by atoms with Crippen molar-refractivity contribution < 1.29 is 9.32 Å². The summed E-state index contributed by atoms with van der Waals surface area (Å²) in [5, 5.41) is 3.57. The first-order chi connectivity index (χ1) is 5.16. The molecule has 1 heterocycles. The van der Waals surface area contributed by atoms with Gasteiger partial charge >= 0.3 is 0 Å². The van der Waals surface area contributed by atoms with Crippen molar-refractivity contribution in [2.24, 2.45) is 0 Å². The minimum Gasteiger partial charge on any atom is -0.359 e. The summed E-state index contributed by atoms with van der Waals surface area (Å²) < 4.78 is 5.59. The molecule has 0 radical (unpaired) electrons. The van der Waals surface area contributed by atoms with E-state index in [1.54, 1.807) is 0 Å². The maximum absolute atomic E-state index is 10.3. The number of rotatable bonds is 2. The van der Waals surface area contributed by atoms with Gasteiger partial charge in [0.05, 0.1) is 4.47 Å². The van der Waals surface area contributed by atoms with E-state index in [0.717, 1.165) is 0 Å². The van der Waals surface area contributed by atoms with Gasteiger partial charge in [0.15, 0.2) is 17.7 Å². The van der Waals surface area contributed by atoms with Crippen LogP contribution < -0.4 is 0 Å². The molecule has 0 aromatic carbocycles. The summed E-state index contributed by atoms with van der Waals surface area (Å²) in [5.41, 5.74) is 0.328. The van der Waals surface area contributed by atoms with Crippen molar-refractivity contribution in [1.82, 2.24) is 5.16 Å². The molecule has 0 spiro atoms. The Kier molecular flexibility index (Phi) is 2.44. The summed E-state index contributed by atoms with van der Waals surface area (Å²) in [6.45, 7) is 3.94. The minimum atomic E-state index is 0.241. The van der Waals surface area contributed by atoms with Crippen LogP contribution in [0.1, 0.15) is 36.0 Å². The Morgan fingerprint density at radius 3 is 2.55 bits per heavy atom. The second-order valence-electron chi connectivity index (χ2n) is 2.52. The van der Waals surface area contributed by atoms with E-state index in [-0.39, 0.29) is 5.92 Å². The third-order valence-electron chi connectivity index (χ3n) is 1.32. The first kappa shape index (κ1) is 8.46. The van der Waals surface area contributed by atoms with Crippen LogP contribution in [0, 0.1) is 0 Å². The van der Waals surface area contributed by atoms with Crippen LogP contribution in [0.15, 0.2) is 9.00 Å². The predicted molar refractivity (Wildman–Crippen MR) is 43.7 cm³/mol. The minimum absolute atomic E-state index is 0.241. The van der Waals surface area contributed by atoms with Crippen molar-refractivity contribution in [3.8, 4) is 0 Å². The number of aldehydes is 1. The van der Waals surface area contributed by atoms with Gasteiger partial charge in [0.2, 0.25) is 0 Å². The highest BCUT2D eigenvalue weighted by molar-refractivity contribution is 9.10. The van der Waals surface area contributed by atoms with E-state index in [4.69, 9.17) is 4.52 Å². The molecule has 60 valence electrons. The quantitative estimate of drug-likeness (QED) is 0.715. The fourth-order valence-electron chi connectivity index (χ4n) is 0.737. The van der Waals surface area contributed by atoms with Gasteiger partial charge in [-0.25, -0.2) is 0 Å². The normalized spacial score (nSPS) is 10.5. The molecule has 11 heavy (non-hydrogen) atoms. The molecule has 0 aliphatic rings. The number of carbonyl (C=O) groups is 1. The molecule has 0 fully saturated rings. The summed E-state index contributed by atoms with van der Waals surface area (Å²) in [7, 11) is 0. The fourth-order valence-corrected chi connectivity index (χ4v) is 1.43. The molecular weight excluding hydrogens is 210 g/mol. The zero-order chi connectivity index (χ0) is 8.43. The summed E-state index contributed by atoms with van der Waals surface area (Å²) in [5.74, 6) is 0.956. The lowest BCUT2D eigenvalue weighted by Gasteiger charge is -1.96. The Hall–Kier alpha value is -0.640. The van der Waals surface area contributed by atoms with Crippen LogP contribution in [0.3, 0.4) is 0 Å². The van der Waals surface area contributed by atoms with Crippen LogP contribution in [0.5, 0.6) is 0 Å². The van der Waals surface area contributed by atoms with Crippen molar-refractivity contribution in [2.45, 2.75) is 19.8 Å². The highest BCUT2D eigenvalue weighted by Crippen LogP contribution is 2.26. The molecule has 0 saturated heterocycles. The summed E-state index contributed by atoms with van der Waals surface area (Å²) in [6.07, 6.45) is 0.666. The zero-order valence-corrected chi connectivity index (χ0v) is 7.88. The number of hydrogen-bond donors (Lipinski definition) is 0. The van der Waals surface area contributed by atoms with Gasteiger partial charge in [0, 0.05) is 5.92 Å². The van der Waals surface area contributed by atoms with E-state index < -0.39 is 0 Å². The van der Waals surface area contributed by atoms with E-state index in [2.05, 4.69) is 21.1 Å². The van der Waals surface area contributed by atoms with Gasteiger partial charge in [-0.3, -0.25) is 4.79 Å². The van der Waals surface area contributed by atoms with Crippen molar-refractivity contribution in [3.63, 3.8) is 0 Å². The van der Waals surface area contributed by atoms with Gasteiger partial charge in [-0.1, -0.05) is 19.0 Å². The van der Waals surface area contributed by atoms with Crippen molar-refractivity contribution in [2.75, 3.05) is 0 Å². The number of hydrogen-bond acceptors (Lipinski definition) is 3. The van der Waals surface area contributed by atoms with E-state index >= 15 is 0 Å². The van der Waals surface area contributed by atoms with Crippen molar-refractivity contribution >= 4 is 22.2 Å². The van der Waals surface area contributed by atoms with Gasteiger partial charge in [0.25, 0.3) is 0 Å². The topological polar surface area (TPSA) is 43.1 Å². The summed E-state index contributed by atoms with van der Waals surface area (Å²) >= 11 is 3.22. The van der Waals surface area contributed by atoms with E-state index in [9.17, 15) is 4.79 Å². The highest BCUT2D eigenvalue weighted by atomic mass is 79.9. The fraction of sp³-hybridized carbons (Fsp3) is 0.429. The number of aromatic nitrogens is 1. The standard InChI is InChI=1S/C7H8BrNO2/c1-4(2)7-6(8)5(3-10)9-11-7/h3-4H,1-2H3. The number of halogens is 1. The molecule has 0 N–H and O–H groups in total. The first-order valence-electron chi connectivity index (χ1n) is 3.27. The van der Waals surface area contributed by atoms with Gasteiger partial charge < -0.3 is 4.52 Å². The SMILES string of the molecule is CC(C)c1onc(C=O)c1Br. The molecule has 0 bridgehead atoms. The lowest BCUT2D eigenvalue weighted by Crippen LogP contribution is -1.84. The van der Waals surface area contributed by atoms with E-state index in [1.165, 1.54) is 0 Å². The third kappa shape index (κ3) is 1.50. The maximum Gasteiger partial charge on any atom is 0.173 e. The molecule has 0 saturated carbocycles. The van der Waals surface area contributed by atoms with Crippen molar-refractivity contribution in [3.05, 3.63) is 15.9 Å². The monoisotopic (exact) mass is 217 g/mol.